The van der Waals surface area contributed by atoms with Crippen LogP contribution in [0.1, 0.15) is 37.0 Å². The zero-order valence-corrected chi connectivity index (χ0v) is 20.3. The van der Waals surface area contributed by atoms with Crippen molar-refractivity contribution in [1.82, 2.24) is 4.90 Å². The number of morpholine rings is 1. The summed E-state index contributed by atoms with van der Waals surface area (Å²) < 4.78 is 11.9. The van der Waals surface area contributed by atoms with Gasteiger partial charge in [0.2, 0.25) is 0 Å². The summed E-state index contributed by atoms with van der Waals surface area (Å²) in [4.78, 5) is 27.2. The van der Waals surface area contributed by atoms with Crippen LogP contribution in [0.5, 0.6) is 0 Å². The molecule has 1 aliphatic carbocycles. The van der Waals surface area contributed by atoms with E-state index in [1.54, 1.807) is 11.3 Å². The van der Waals surface area contributed by atoms with Gasteiger partial charge in [0.25, 0.3) is 0 Å². The minimum Gasteiger partial charge on any atom is -0.481 e. The van der Waals surface area contributed by atoms with Gasteiger partial charge in [-0.15, -0.1) is 11.3 Å². The lowest BCUT2D eigenvalue weighted by Gasteiger charge is -2.35. The lowest BCUT2D eigenvalue weighted by molar-refractivity contribution is -0.136. The standard InChI is InChI=1S/C27H33NO5S/c29-24-17-25(33-18-22-16-21(19-34-22)20-8-4-3-5-9-20)23(10-6-1-2-7-11-26(30)31)27(24)28-12-14-32-15-13-28/h1-5,8-9,16,19,23,25,27H,6-7,10-15,17-18H2,(H,30,31)/t23-,25-,27+/m0/s1. The third-order valence-electron chi connectivity index (χ3n) is 6.61. The lowest BCUT2D eigenvalue weighted by atomic mass is 9.93. The van der Waals surface area contributed by atoms with E-state index in [9.17, 15) is 9.59 Å². The Balaban J connectivity index is 1.39. The number of carbonyl (C=O) groups excluding carboxylic acids is 1. The van der Waals surface area contributed by atoms with Gasteiger partial charge in [0.05, 0.1) is 32.0 Å². The molecule has 2 aromatic rings. The highest BCUT2D eigenvalue weighted by Crippen LogP contribution is 2.35. The first-order valence-corrected chi connectivity index (χ1v) is 13.0. The Bertz CT molecular complexity index is 966. The fraction of sp³-hybridized carbons (Fsp3) is 0.481. The Labute approximate surface area is 205 Å². The van der Waals surface area contributed by atoms with E-state index in [0.717, 1.165) is 30.8 Å². The van der Waals surface area contributed by atoms with E-state index >= 15 is 0 Å². The number of rotatable bonds is 11. The predicted molar refractivity (Wildman–Crippen MR) is 133 cm³/mol. The van der Waals surface area contributed by atoms with E-state index in [-0.39, 0.29) is 30.3 Å². The van der Waals surface area contributed by atoms with Gasteiger partial charge in [-0.3, -0.25) is 14.5 Å². The molecule has 4 rings (SSSR count). The molecule has 1 N–H and O–H groups in total. The van der Waals surface area contributed by atoms with Crippen molar-refractivity contribution < 1.29 is 24.2 Å². The van der Waals surface area contributed by atoms with Crippen LogP contribution >= 0.6 is 11.3 Å². The van der Waals surface area contributed by atoms with Gasteiger partial charge in [0.15, 0.2) is 5.78 Å². The van der Waals surface area contributed by atoms with Crippen LogP contribution in [-0.4, -0.2) is 60.2 Å². The molecule has 1 aromatic heterocycles. The van der Waals surface area contributed by atoms with E-state index in [2.05, 4.69) is 28.5 Å². The van der Waals surface area contributed by atoms with Gasteiger partial charge in [-0.1, -0.05) is 42.5 Å². The molecular formula is C27H33NO5S. The largest absolute Gasteiger partial charge is 0.481 e. The quantitative estimate of drug-likeness (QED) is 0.463. The van der Waals surface area contributed by atoms with Crippen molar-refractivity contribution >= 4 is 23.1 Å². The minimum atomic E-state index is -0.782. The number of hydrogen-bond acceptors (Lipinski definition) is 6. The summed E-state index contributed by atoms with van der Waals surface area (Å²) in [5, 5.41) is 11.0. The number of allylic oxidation sites excluding steroid dienone is 2. The smallest absolute Gasteiger partial charge is 0.303 e. The zero-order valence-electron chi connectivity index (χ0n) is 19.4. The highest BCUT2D eigenvalue weighted by atomic mass is 32.1. The maximum atomic E-state index is 13.1. The monoisotopic (exact) mass is 483 g/mol. The van der Waals surface area contributed by atoms with Crippen LogP contribution in [0, 0.1) is 5.92 Å². The fourth-order valence-corrected chi connectivity index (χ4v) is 5.74. The van der Waals surface area contributed by atoms with E-state index in [1.807, 2.05) is 30.4 Å². The van der Waals surface area contributed by atoms with Crippen molar-refractivity contribution in [3.8, 4) is 11.1 Å². The summed E-state index contributed by atoms with van der Waals surface area (Å²) in [6.45, 7) is 3.39. The highest BCUT2D eigenvalue weighted by molar-refractivity contribution is 7.10. The molecule has 2 aliphatic rings. The number of hydrogen-bond donors (Lipinski definition) is 1. The molecule has 0 amide bonds. The molecular weight excluding hydrogens is 450 g/mol. The van der Waals surface area contributed by atoms with Gasteiger partial charge in [-0.2, -0.15) is 0 Å². The molecule has 1 aliphatic heterocycles. The third kappa shape index (κ3) is 6.63. The second-order valence-electron chi connectivity index (χ2n) is 8.93. The minimum absolute atomic E-state index is 0.102. The second-order valence-corrected chi connectivity index (χ2v) is 9.92. The van der Waals surface area contributed by atoms with E-state index in [4.69, 9.17) is 14.6 Å². The van der Waals surface area contributed by atoms with E-state index in [0.29, 0.717) is 32.7 Å². The number of carboxylic acids is 1. The molecule has 0 spiro atoms. The molecule has 0 bridgehead atoms. The van der Waals surface area contributed by atoms with Crippen LogP contribution in [0.15, 0.2) is 53.9 Å². The number of aliphatic carboxylic acids is 1. The topological polar surface area (TPSA) is 76.1 Å². The normalized spacial score (nSPS) is 23.6. The Kier molecular flexibility index (Phi) is 9.04. The average molecular weight is 484 g/mol. The van der Waals surface area contributed by atoms with Crippen molar-refractivity contribution in [1.29, 1.82) is 0 Å². The third-order valence-corrected chi connectivity index (χ3v) is 7.52. The van der Waals surface area contributed by atoms with Crippen LogP contribution in [0.2, 0.25) is 0 Å². The molecule has 2 heterocycles. The Morgan fingerprint density at radius 3 is 2.68 bits per heavy atom. The van der Waals surface area contributed by atoms with Crippen molar-refractivity contribution in [3.63, 3.8) is 0 Å². The molecule has 1 saturated heterocycles. The number of Topliss-reactive ketones (excluding diaryl/α,β-unsaturated/α-hetero) is 1. The van der Waals surface area contributed by atoms with Gasteiger partial charge >= 0.3 is 5.97 Å². The first kappa shape index (κ1) is 24.8. The van der Waals surface area contributed by atoms with Crippen molar-refractivity contribution in [2.45, 2.75) is 50.9 Å². The zero-order chi connectivity index (χ0) is 23.8. The van der Waals surface area contributed by atoms with Crippen LogP contribution < -0.4 is 0 Å². The summed E-state index contributed by atoms with van der Waals surface area (Å²) in [5.74, 6) is -0.387. The van der Waals surface area contributed by atoms with Gasteiger partial charge < -0.3 is 14.6 Å². The Morgan fingerprint density at radius 1 is 1.15 bits per heavy atom. The van der Waals surface area contributed by atoms with Gasteiger partial charge in [-0.05, 0) is 41.8 Å². The fourth-order valence-electron chi connectivity index (χ4n) is 4.93. The maximum Gasteiger partial charge on any atom is 0.303 e. The number of ether oxygens (including phenoxy) is 2. The summed E-state index contributed by atoms with van der Waals surface area (Å²) >= 11 is 1.69. The first-order valence-electron chi connectivity index (χ1n) is 12.1. The van der Waals surface area contributed by atoms with Crippen LogP contribution in [-0.2, 0) is 25.7 Å². The number of thiophene rings is 1. The number of carbonyl (C=O) groups is 2. The number of ketones is 1. The SMILES string of the molecule is O=C(O)CCC=CCC[C@H]1[C@@H](OCc2cc(-c3ccccc3)cs2)CC(=O)[C@@H]1N1CCOCC1. The summed E-state index contributed by atoms with van der Waals surface area (Å²) in [7, 11) is 0. The summed E-state index contributed by atoms with van der Waals surface area (Å²) in [6, 6.07) is 12.4. The molecule has 0 radical (unpaired) electrons. The predicted octanol–water partition coefficient (Wildman–Crippen LogP) is 4.79. The summed E-state index contributed by atoms with van der Waals surface area (Å²) in [5.41, 5.74) is 2.39. The van der Waals surface area contributed by atoms with Crippen molar-refractivity contribution in [3.05, 3.63) is 58.8 Å². The Hall–Kier alpha value is -2.32. The van der Waals surface area contributed by atoms with Crippen molar-refractivity contribution in [2.24, 2.45) is 5.92 Å². The molecule has 2 fully saturated rings. The Morgan fingerprint density at radius 2 is 1.91 bits per heavy atom. The highest BCUT2D eigenvalue weighted by Gasteiger charge is 2.45. The van der Waals surface area contributed by atoms with Gasteiger partial charge in [0, 0.05) is 36.7 Å². The second kappa shape index (κ2) is 12.4. The van der Waals surface area contributed by atoms with Crippen LogP contribution in [0.4, 0.5) is 0 Å². The first-order chi connectivity index (χ1) is 16.6. The number of carboxylic acid groups (broad SMARTS) is 1. The number of nitrogens with zero attached hydrogens (tertiary/aromatic N) is 1. The van der Waals surface area contributed by atoms with Gasteiger partial charge in [-0.25, -0.2) is 0 Å². The summed E-state index contributed by atoms with van der Waals surface area (Å²) in [6.07, 6.45) is 6.67. The van der Waals surface area contributed by atoms with Crippen LogP contribution in [0.3, 0.4) is 0 Å². The van der Waals surface area contributed by atoms with Crippen molar-refractivity contribution in [2.75, 3.05) is 26.3 Å². The lowest BCUT2D eigenvalue weighted by Crippen LogP contribution is -2.49. The van der Waals surface area contributed by atoms with E-state index < -0.39 is 5.97 Å². The van der Waals surface area contributed by atoms with Gasteiger partial charge in [0.1, 0.15) is 0 Å². The average Bonchev–Trinajstić information content (AvgIpc) is 3.45. The molecule has 3 atom stereocenters. The van der Waals surface area contributed by atoms with Crippen LogP contribution in [0.25, 0.3) is 11.1 Å². The molecule has 182 valence electrons. The molecule has 7 heteroatoms. The molecule has 0 unspecified atom stereocenters. The molecule has 1 saturated carbocycles. The van der Waals surface area contributed by atoms with E-state index in [1.165, 1.54) is 11.1 Å². The number of benzene rings is 1. The maximum absolute atomic E-state index is 13.1. The molecule has 34 heavy (non-hydrogen) atoms. The molecule has 1 aromatic carbocycles. The molecule has 6 nitrogen and oxygen atoms in total.